The van der Waals surface area contributed by atoms with Crippen molar-refractivity contribution in [3.63, 3.8) is 0 Å². The van der Waals surface area contributed by atoms with Crippen molar-refractivity contribution in [2.45, 2.75) is 18.6 Å². The summed E-state index contributed by atoms with van der Waals surface area (Å²) in [4.78, 5) is 31.2. The van der Waals surface area contributed by atoms with Crippen LogP contribution in [0, 0.1) is 11.6 Å². The Morgan fingerprint density at radius 3 is 2.72 bits per heavy atom. The molecule has 0 spiro atoms. The van der Waals surface area contributed by atoms with Crippen LogP contribution in [0.25, 0.3) is 6.08 Å². The van der Waals surface area contributed by atoms with Gasteiger partial charge in [0.1, 0.15) is 22.7 Å². The number of halogens is 6. The van der Waals surface area contributed by atoms with E-state index in [0.29, 0.717) is 6.07 Å². The van der Waals surface area contributed by atoms with E-state index in [1.807, 2.05) is 0 Å². The normalized spacial score (nSPS) is 17.5. The van der Waals surface area contributed by atoms with Gasteiger partial charge >= 0.3 is 12.2 Å². The number of benzene rings is 1. The molecule has 1 aromatic heterocycles. The number of alkyl halides is 3. The number of carbonyl (C=O) groups is 2. The second kappa shape index (κ2) is 7.73. The van der Waals surface area contributed by atoms with E-state index >= 15 is 0 Å². The fraction of sp³-hybridized carbons (Fsp3) is 0.250. The van der Waals surface area contributed by atoms with Crippen LogP contribution in [0.2, 0.25) is 5.02 Å². The van der Waals surface area contributed by atoms with Crippen molar-refractivity contribution in [2.75, 3.05) is 23.4 Å². The average molecular weight is 473 g/mol. The fourth-order valence-electron chi connectivity index (χ4n) is 3.67. The molecular formula is C20H14ClF5N4O2. The summed E-state index contributed by atoms with van der Waals surface area (Å²) in [6, 6.07) is 0.407. The number of fused-ring (bicyclic) bond motifs is 1. The van der Waals surface area contributed by atoms with Gasteiger partial charge in [0.15, 0.2) is 5.82 Å². The molecule has 2 aliphatic rings. The molecule has 1 aromatic carbocycles. The monoisotopic (exact) mass is 472 g/mol. The number of aromatic nitrogens is 1. The van der Waals surface area contributed by atoms with Crippen molar-refractivity contribution in [3.05, 3.63) is 57.8 Å². The zero-order valence-electron chi connectivity index (χ0n) is 16.3. The molecule has 6 nitrogen and oxygen atoms in total. The lowest BCUT2D eigenvalue weighted by Gasteiger charge is -2.27. The zero-order chi connectivity index (χ0) is 23.4. The Morgan fingerprint density at radius 1 is 1.31 bits per heavy atom. The summed E-state index contributed by atoms with van der Waals surface area (Å²) in [6.07, 6.45) is -1.74. The molecule has 1 N–H and O–H groups in total. The molecule has 1 aliphatic carbocycles. The largest absolute Gasteiger partial charge is 0.416 e. The maximum Gasteiger partial charge on any atom is 0.416 e. The first-order valence-electron chi connectivity index (χ1n) is 9.26. The number of allylic oxidation sites excluding steroid dienone is 1. The van der Waals surface area contributed by atoms with Gasteiger partial charge in [0.05, 0.1) is 16.9 Å². The lowest BCUT2D eigenvalue weighted by atomic mass is 10.1. The predicted octanol–water partition coefficient (Wildman–Crippen LogP) is 4.16. The van der Waals surface area contributed by atoms with E-state index in [9.17, 15) is 31.5 Å². The molecule has 1 aliphatic heterocycles. The van der Waals surface area contributed by atoms with Crippen molar-refractivity contribution in [1.82, 2.24) is 10.3 Å². The summed E-state index contributed by atoms with van der Waals surface area (Å²) in [7, 11) is 1.18. The molecule has 0 unspecified atom stereocenters. The minimum Gasteiger partial charge on any atom is -0.335 e. The number of likely N-dealkylation sites (N-methyl/N-ethyl adjacent to an activating group) is 1. The first-order valence-corrected chi connectivity index (χ1v) is 9.64. The first-order chi connectivity index (χ1) is 15.0. The maximum absolute atomic E-state index is 14.4. The molecule has 12 heteroatoms. The highest BCUT2D eigenvalue weighted by Crippen LogP contribution is 2.38. The molecule has 168 valence electrons. The summed E-state index contributed by atoms with van der Waals surface area (Å²) in [5.41, 5.74) is -1.30. The average Bonchev–Trinajstić information content (AvgIpc) is 3.35. The van der Waals surface area contributed by atoms with Gasteiger partial charge < -0.3 is 10.2 Å². The van der Waals surface area contributed by atoms with E-state index in [2.05, 4.69) is 10.3 Å². The molecule has 1 saturated heterocycles. The Kier molecular flexibility index (Phi) is 5.32. The number of nitrogens with zero attached hydrogens (tertiary/aromatic N) is 3. The van der Waals surface area contributed by atoms with Crippen LogP contribution >= 0.6 is 11.6 Å². The van der Waals surface area contributed by atoms with Crippen molar-refractivity contribution >= 4 is 41.1 Å². The minimum absolute atomic E-state index is 0.0242. The van der Waals surface area contributed by atoms with Gasteiger partial charge in [0, 0.05) is 13.6 Å². The van der Waals surface area contributed by atoms with Crippen LogP contribution in [0.4, 0.5) is 38.3 Å². The highest BCUT2D eigenvalue weighted by molar-refractivity contribution is 6.31. The van der Waals surface area contributed by atoms with E-state index < -0.39 is 46.4 Å². The summed E-state index contributed by atoms with van der Waals surface area (Å²) in [6.45, 7) is -0.255. The van der Waals surface area contributed by atoms with Crippen molar-refractivity contribution in [1.29, 1.82) is 0 Å². The van der Waals surface area contributed by atoms with Gasteiger partial charge in [-0.2, -0.15) is 13.2 Å². The molecule has 4 rings (SSSR count). The smallest absolute Gasteiger partial charge is 0.335 e. The van der Waals surface area contributed by atoms with Crippen molar-refractivity contribution in [2.24, 2.45) is 0 Å². The number of hydrogen-bond donors (Lipinski definition) is 1. The quantitative estimate of drug-likeness (QED) is 0.539. The first kappa shape index (κ1) is 22.0. The summed E-state index contributed by atoms with van der Waals surface area (Å²) in [5.74, 6) is -3.42. The van der Waals surface area contributed by atoms with Crippen LogP contribution < -0.4 is 15.1 Å². The fourth-order valence-corrected chi connectivity index (χ4v) is 3.83. The molecular weight excluding hydrogens is 459 g/mol. The zero-order valence-corrected chi connectivity index (χ0v) is 17.1. The molecule has 0 bridgehead atoms. The Balaban J connectivity index is 1.73. The molecule has 2 aromatic rings. The van der Waals surface area contributed by atoms with Gasteiger partial charge in [-0.1, -0.05) is 17.7 Å². The minimum atomic E-state index is -4.70. The standard InChI is InChI=1S/C20H14ClF5N4O2/c1-29(13-6-5-11(22)16(21)17(13)23)18(31)14-8-27-19(32)30(14)15-7-10(20(24,25)26)9-3-2-4-12(9)28-15/h2,4-7,14H,3,8H2,1H3,(H,27,32)/t14-/m0/s1. The van der Waals surface area contributed by atoms with Gasteiger partial charge in [0.25, 0.3) is 5.91 Å². The number of pyridine rings is 1. The lowest BCUT2D eigenvalue weighted by Crippen LogP contribution is -2.47. The third-order valence-corrected chi connectivity index (χ3v) is 5.61. The topological polar surface area (TPSA) is 65.5 Å². The molecule has 3 amide bonds. The maximum atomic E-state index is 14.4. The third-order valence-electron chi connectivity index (χ3n) is 5.26. The van der Waals surface area contributed by atoms with E-state index in [0.717, 1.165) is 21.9 Å². The van der Waals surface area contributed by atoms with Crippen LogP contribution in [0.1, 0.15) is 16.8 Å². The highest BCUT2D eigenvalue weighted by atomic mass is 35.5. The number of anilines is 2. The van der Waals surface area contributed by atoms with E-state index in [1.165, 1.54) is 19.2 Å². The van der Waals surface area contributed by atoms with E-state index in [-0.39, 0.29) is 35.7 Å². The van der Waals surface area contributed by atoms with Crippen LogP contribution in [-0.4, -0.2) is 36.6 Å². The van der Waals surface area contributed by atoms with Gasteiger partial charge in [-0.15, -0.1) is 0 Å². The Bertz CT molecular complexity index is 1170. The molecule has 0 radical (unpaired) electrons. The van der Waals surface area contributed by atoms with E-state index in [1.54, 1.807) is 0 Å². The van der Waals surface area contributed by atoms with Crippen LogP contribution in [0.15, 0.2) is 24.3 Å². The number of carbonyl (C=O) groups excluding carboxylic acids is 2. The Morgan fingerprint density at radius 2 is 2.03 bits per heavy atom. The van der Waals surface area contributed by atoms with Crippen LogP contribution in [0.3, 0.4) is 0 Å². The van der Waals surface area contributed by atoms with Gasteiger partial charge in [-0.25, -0.2) is 18.6 Å². The second-order valence-electron chi connectivity index (χ2n) is 7.16. The van der Waals surface area contributed by atoms with Crippen molar-refractivity contribution in [3.8, 4) is 0 Å². The molecule has 32 heavy (non-hydrogen) atoms. The Labute approximate surface area is 183 Å². The van der Waals surface area contributed by atoms with Crippen LogP contribution in [-0.2, 0) is 17.4 Å². The van der Waals surface area contributed by atoms with Gasteiger partial charge in [0.2, 0.25) is 0 Å². The number of hydrogen-bond acceptors (Lipinski definition) is 3. The van der Waals surface area contributed by atoms with Crippen LogP contribution in [0.5, 0.6) is 0 Å². The highest BCUT2D eigenvalue weighted by Gasteiger charge is 2.42. The van der Waals surface area contributed by atoms with Gasteiger partial charge in [-0.05, 0) is 36.3 Å². The number of nitrogens with one attached hydrogen (secondary N) is 1. The molecule has 1 fully saturated rings. The Hall–Kier alpha value is -3.21. The third kappa shape index (κ3) is 3.56. The van der Waals surface area contributed by atoms with E-state index in [4.69, 9.17) is 11.6 Å². The second-order valence-corrected chi connectivity index (χ2v) is 7.54. The van der Waals surface area contributed by atoms with Crippen molar-refractivity contribution < 1.29 is 31.5 Å². The number of rotatable bonds is 3. The van der Waals surface area contributed by atoms with Gasteiger partial charge in [-0.3, -0.25) is 9.69 Å². The predicted molar refractivity (Wildman–Crippen MR) is 106 cm³/mol. The number of amides is 3. The SMILES string of the molecule is CN(C(=O)[C@@H]1CNC(=O)N1c1cc(C(F)(F)F)c2c(n1)C=CC2)c1ccc(F)c(Cl)c1F. The molecule has 1 atom stereocenters. The molecule has 2 heterocycles. The molecule has 0 saturated carbocycles. The summed E-state index contributed by atoms with van der Waals surface area (Å²) in [5, 5.41) is 1.57. The number of urea groups is 1. The summed E-state index contributed by atoms with van der Waals surface area (Å²) >= 11 is 5.57. The lowest BCUT2D eigenvalue weighted by molar-refractivity contribution is -0.138. The summed E-state index contributed by atoms with van der Waals surface area (Å²) < 4.78 is 68.6.